The Labute approximate surface area is 158 Å². The first-order valence-corrected chi connectivity index (χ1v) is 8.20. The largest absolute Gasteiger partial charge is 0.479 e. The molecule has 0 aliphatic carbocycles. The molecule has 0 fully saturated rings. The van der Waals surface area contributed by atoms with Crippen LogP contribution in [0.5, 0.6) is 5.88 Å². The molecule has 0 radical (unpaired) electrons. The number of hydrogen-bond donors (Lipinski definition) is 0. The van der Waals surface area contributed by atoms with Crippen LogP contribution in [0.1, 0.15) is 0 Å². The minimum atomic E-state index is 0.150. The molecular formula is C16H9Cl4N3O. The minimum absolute atomic E-state index is 0.150. The van der Waals surface area contributed by atoms with Crippen molar-refractivity contribution in [2.45, 2.75) is 0 Å². The normalized spacial score (nSPS) is 10.7. The van der Waals surface area contributed by atoms with Gasteiger partial charge in [0.1, 0.15) is 0 Å². The van der Waals surface area contributed by atoms with Crippen LogP contribution in [0.4, 0.5) is 0 Å². The maximum absolute atomic E-state index is 6.30. The van der Waals surface area contributed by atoms with E-state index in [2.05, 4.69) is 15.2 Å². The van der Waals surface area contributed by atoms with E-state index in [1.807, 2.05) is 12.1 Å². The molecule has 24 heavy (non-hydrogen) atoms. The van der Waals surface area contributed by atoms with E-state index < -0.39 is 0 Å². The molecule has 0 bridgehead atoms. The van der Waals surface area contributed by atoms with E-state index in [9.17, 15) is 0 Å². The first kappa shape index (κ1) is 17.2. The molecule has 2 heterocycles. The number of pyridine rings is 1. The van der Waals surface area contributed by atoms with Gasteiger partial charge in [0.2, 0.25) is 5.88 Å². The highest BCUT2D eigenvalue weighted by molar-refractivity contribution is 6.38. The third-order valence-electron chi connectivity index (χ3n) is 3.27. The van der Waals surface area contributed by atoms with Gasteiger partial charge >= 0.3 is 0 Å². The van der Waals surface area contributed by atoms with Crippen molar-refractivity contribution in [2.24, 2.45) is 0 Å². The van der Waals surface area contributed by atoms with Gasteiger partial charge in [-0.1, -0.05) is 58.5 Å². The molecule has 2 aromatic heterocycles. The van der Waals surface area contributed by atoms with Crippen molar-refractivity contribution in [3.8, 4) is 28.3 Å². The number of halogens is 4. The summed E-state index contributed by atoms with van der Waals surface area (Å²) in [6.45, 7) is 0. The lowest BCUT2D eigenvalue weighted by Gasteiger charge is -2.14. The summed E-state index contributed by atoms with van der Waals surface area (Å²) in [5.41, 5.74) is 2.35. The van der Waals surface area contributed by atoms with Gasteiger partial charge in [-0.3, -0.25) is 4.98 Å². The Bertz CT molecular complexity index is 901. The Balaban J connectivity index is 2.34. The molecule has 0 saturated heterocycles. The van der Waals surface area contributed by atoms with Crippen LogP contribution < -0.4 is 4.74 Å². The highest BCUT2D eigenvalue weighted by atomic mass is 35.5. The van der Waals surface area contributed by atoms with Crippen molar-refractivity contribution >= 4 is 46.4 Å². The smallest absolute Gasteiger partial charge is 0.241 e. The summed E-state index contributed by atoms with van der Waals surface area (Å²) in [5.74, 6) is 0.296. The number of hydrogen-bond acceptors (Lipinski definition) is 4. The predicted octanol–water partition coefficient (Wildman–Crippen LogP) is 5.83. The Morgan fingerprint density at radius 3 is 2.21 bits per heavy atom. The Hall–Kier alpha value is -1.59. The molecular weight excluding hydrogens is 392 g/mol. The Morgan fingerprint density at radius 2 is 1.58 bits per heavy atom. The van der Waals surface area contributed by atoms with Gasteiger partial charge in [-0.05, 0) is 23.8 Å². The molecule has 122 valence electrons. The van der Waals surface area contributed by atoms with Crippen LogP contribution in [0, 0.1) is 0 Å². The first-order chi connectivity index (χ1) is 11.5. The molecule has 0 saturated carbocycles. The summed E-state index contributed by atoms with van der Waals surface area (Å²) in [6.07, 6.45) is 1.48. The fourth-order valence-corrected chi connectivity index (χ4v) is 3.06. The number of aromatic nitrogens is 3. The maximum Gasteiger partial charge on any atom is 0.241 e. The van der Waals surface area contributed by atoms with Crippen molar-refractivity contribution in [3.05, 3.63) is 56.7 Å². The molecule has 0 spiro atoms. The van der Waals surface area contributed by atoms with Gasteiger partial charge in [0.05, 0.1) is 34.0 Å². The third-order valence-corrected chi connectivity index (χ3v) is 4.28. The average Bonchev–Trinajstić information content (AvgIpc) is 2.56. The van der Waals surface area contributed by atoms with E-state index in [4.69, 9.17) is 51.1 Å². The number of nitrogens with zero attached hydrogens (tertiary/aromatic N) is 3. The number of methoxy groups -OCH3 is 1. The summed E-state index contributed by atoms with van der Waals surface area (Å²) < 4.78 is 5.35. The van der Waals surface area contributed by atoms with Crippen LogP contribution in [0.15, 0.2) is 36.5 Å². The fraction of sp³-hybridized carbons (Fsp3) is 0.0625. The van der Waals surface area contributed by atoms with Crippen molar-refractivity contribution < 1.29 is 4.74 Å². The Kier molecular flexibility index (Phi) is 5.11. The number of ether oxygens (including phenoxy) is 1. The van der Waals surface area contributed by atoms with E-state index in [0.717, 1.165) is 5.56 Å². The number of rotatable bonds is 3. The molecule has 4 nitrogen and oxygen atoms in total. The predicted molar refractivity (Wildman–Crippen MR) is 97.3 cm³/mol. The van der Waals surface area contributed by atoms with Crippen molar-refractivity contribution in [2.75, 3.05) is 7.11 Å². The number of benzene rings is 1. The highest BCUT2D eigenvalue weighted by Crippen LogP contribution is 2.43. The quantitative estimate of drug-likeness (QED) is 0.555. The summed E-state index contributed by atoms with van der Waals surface area (Å²) >= 11 is 24.5. The van der Waals surface area contributed by atoms with Gasteiger partial charge in [-0.25, -0.2) is 0 Å². The monoisotopic (exact) mass is 399 g/mol. The third kappa shape index (κ3) is 3.28. The lowest BCUT2D eigenvalue weighted by atomic mass is 10.00. The zero-order chi connectivity index (χ0) is 17.3. The lowest BCUT2D eigenvalue weighted by Crippen LogP contribution is -2.00. The van der Waals surface area contributed by atoms with Gasteiger partial charge in [-0.15, -0.1) is 10.2 Å². The van der Waals surface area contributed by atoms with Crippen LogP contribution in [0.25, 0.3) is 22.4 Å². The maximum atomic E-state index is 6.30. The molecule has 3 aromatic rings. The second-order valence-corrected chi connectivity index (χ2v) is 6.38. The molecule has 0 amide bonds. The highest BCUT2D eigenvalue weighted by Gasteiger charge is 2.22. The Morgan fingerprint density at radius 1 is 0.875 bits per heavy atom. The van der Waals surface area contributed by atoms with Crippen LogP contribution in [0.3, 0.4) is 0 Å². The molecule has 0 aliphatic heterocycles. The van der Waals surface area contributed by atoms with Gasteiger partial charge < -0.3 is 4.74 Å². The van der Waals surface area contributed by atoms with E-state index in [-0.39, 0.29) is 5.15 Å². The van der Waals surface area contributed by atoms with Crippen molar-refractivity contribution in [1.29, 1.82) is 0 Å². The molecule has 0 N–H and O–H groups in total. The van der Waals surface area contributed by atoms with E-state index in [0.29, 0.717) is 37.8 Å². The van der Waals surface area contributed by atoms with Crippen LogP contribution >= 0.6 is 46.4 Å². The minimum Gasteiger partial charge on any atom is -0.479 e. The second kappa shape index (κ2) is 7.11. The summed E-state index contributed by atoms with van der Waals surface area (Å²) in [7, 11) is 1.50. The van der Waals surface area contributed by atoms with Crippen molar-refractivity contribution in [3.63, 3.8) is 0 Å². The summed E-state index contributed by atoms with van der Waals surface area (Å²) in [4.78, 5) is 4.29. The molecule has 1 aromatic carbocycles. The lowest BCUT2D eigenvalue weighted by molar-refractivity contribution is 0.394. The van der Waals surface area contributed by atoms with Gasteiger partial charge in [0.15, 0.2) is 5.15 Å². The molecule has 0 aliphatic rings. The van der Waals surface area contributed by atoms with Crippen LogP contribution in [-0.2, 0) is 0 Å². The average molecular weight is 401 g/mol. The van der Waals surface area contributed by atoms with Crippen LogP contribution in [-0.4, -0.2) is 22.3 Å². The fourth-order valence-electron chi connectivity index (χ4n) is 2.24. The molecule has 0 unspecified atom stereocenters. The van der Waals surface area contributed by atoms with E-state index in [1.54, 1.807) is 18.2 Å². The SMILES string of the molecule is COc1nnc(Cl)c(-c2ncc(Cl)cc2Cl)c1-c1ccc(Cl)cc1. The van der Waals surface area contributed by atoms with Gasteiger partial charge in [0, 0.05) is 11.2 Å². The standard InChI is InChI=1S/C16H9Cl4N3O/c1-24-16-12(8-2-4-9(17)5-3-8)13(15(20)22-23-16)14-11(19)6-10(18)7-21-14/h2-7H,1H3. The second-order valence-electron chi connectivity index (χ2n) is 4.74. The van der Waals surface area contributed by atoms with E-state index >= 15 is 0 Å². The topological polar surface area (TPSA) is 47.9 Å². The van der Waals surface area contributed by atoms with Crippen LogP contribution in [0.2, 0.25) is 20.2 Å². The molecule has 0 atom stereocenters. The van der Waals surface area contributed by atoms with E-state index in [1.165, 1.54) is 13.3 Å². The zero-order valence-electron chi connectivity index (χ0n) is 12.2. The summed E-state index contributed by atoms with van der Waals surface area (Å²) in [5, 5.41) is 9.44. The van der Waals surface area contributed by atoms with Crippen molar-refractivity contribution in [1.82, 2.24) is 15.2 Å². The summed E-state index contributed by atoms with van der Waals surface area (Å²) in [6, 6.07) is 8.74. The molecule has 3 rings (SSSR count). The van der Waals surface area contributed by atoms with Gasteiger partial charge in [-0.2, -0.15) is 0 Å². The van der Waals surface area contributed by atoms with Gasteiger partial charge in [0.25, 0.3) is 0 Å². The molecule has 8 heteroatoms. The zero-order valence-corrected chi connectivity index (χ0v) is 15.2. The first-order valence-electron chi connectivity index (χ1n) is 6.68.